The summed E-state index contributed by atoms with van der Waals surface area (Å²) >= 11 is 0. The molecule has 4 nitrogen and oxygen atoms in total. The van der Waals surface area contributed by atoms with Crippen molar-refractivity contribution < 1.29 is 22.7 Å². The average Bonchev–Trinajstić information content (AvgIpc) is 2.34. The number of hydrogen-bond acceptors (Lipinski definition) is 3. The van der Waals surface area contributed by atoms with E-state index in [4.69, 9.17) is 4.74 Å². The molecule has 2 N–H and O–H groups in total. The van der Waals surface area contributed by atoms with Gasteiger partial charge in [0.05, 0.1) is 25.8 Å². The van der Waals surface area contributed by atoms with Crippen LogP contribution in [0.1, 0.15) is 6.42 Å². The van der Waals surface area contributed by atoms with Crippen molar-refractivity contribution in [2.24, 2.45) is 0 Å². The van der Waals surface area contributed by atoms with E-state index < -0.39 is 18.5 Å². The summed E-state index contributed by atoms with van der Waals surface area (Å²) in [5, 5.41) is 4.98. The fourth-order valence-corrected chi connectivity index (χ4v) is 1.37. The lowest BCUT2D eigenvalue weighted by molar-refractivity contribution is -0.134. The Morgan fingerprint density at radius 2 is 2.00 bits per heavy atom. The van der Waals surface area contributed by atoms with E-state index in [0.29, 0.717) is 11.4 Å². The molecule has 106 valence electrons. The summed E-state index contributed by atoms with van der Waals surface area (Å²) in [5.74, 6) is 0.0674. The van der Waals surface area contributed by atoms with Crippen LogP contribution in [0.25, 0.3) is 0 Å². The number of amides is 1. The topological polar surface area (TPSA) is 50.4 Å². The molecule has 0 aromatic heterocycles. The molecule has 7 heteroatoms. The standard InChI is InChI=1S/C12H15F3N2O2/c1-19-10-5-3-2-4-9(10)17-11(18)8-16-7-6-12(13,14)15/h2-5,16H,6-8H2,1H3,(H,17,18). The van der Waals surface area contributed by atoms with Crippen LogP contribution in [0.4, 0.5) is 18.9 Å². The van der Waals surface area contributed by atoms with E-state index in [1.807, 2.05) is 0 Å². The van der Waals surface area contributed by atoms with E-state index in [9.17, 15) is 18.0 Å². The zero-order chi connectivity index (χ0) is 14.3. The highest BCUT2D eigenvalue weighted by Crippen LogP contribution is 2.22. The Kier molecular flexibility index (Phi) is 5.62. The van der Waals surface area contributed by atoms with Gasteiger partial charge < -0.3 is 15.4 Å². The van der Waals surface area contributed by atoms with Gasteiger partial charge in [0.2, 0.25) is 5.91 Å². The summed E-state index contributed by atoms with van der Waals surface area (Å²) < 4.78 is 40.6. The molecule has 19 heavy (non-hydrogen) atoms. The van der Waals surface area contributed by atoms with Crippen molar-refractivity contribution in [2.75, 3.05) is 25.5 Å². The van der Waals surface area contributed by atoms with Crippen LogP contribution in [0.3, 0.4) is 0 Å². The van der Waals surface area contributed by atoms with Gasteiger partial charge in [-0.25, -0.2) is 0 Å². The first kappa shape index (κ1) is 15.3. The second-order valence-electron chi connectivity index (χ2n) is 3.79. The smallest absolute Gasteiger partial charge is 0.390 e. The Bertz CT molecular complexity index is 422. The van der Waals surface area contributed by atoms with Gasteiger partial charge in [-0.2, -0.15) is 13.2 Å². The second kappa shape index (κ2) is 6.98. The minimum absolute atomic E-state index is 0.186. The molecule has 1 aromatic rings. The van der Waals surface area contributed by atoms with Gasteiger partial charge in [-0.15, -0.1) is 0 Å². The fraction of sp³-hybridized carbons (Fsp3) is 0.417. The van der Waals surface area contributed by atoms with E-state index in [-0.39, 0.29) is 13.1 Å². The quantitative estimate of drug-likeness (QED) is 0.783. The number of methoxy groups -OCH3 is 1. The lowest BCUT2D eigenvalue weighted by Crippen LogP contribution is -2.30. The Balaban J connectivity index is 2.35. The van der Waals surface area contributed by atoms with E-state index in [1.165, 1.54) is 7.11 Å². The minimum Gasteiger partial charge on any atom is -0.495 e. The first-order chi connectivity index (χ1) is 8.92. The molecule has 1 amide bonds. The SMILES string of the molecule is COc1ccccc1NC(=O)CNCCC(F)(F)F. The van der Waals surface area contributed by atoms with Crippen LogP contribution in [-0.2, 0) is 4.79 Å². The number of hydrogen-bond donors (Lipinski definition) is 2. The molecule has 0 bridgehead atoms. The van der Waals surface area contributed by atoms with Crippen molar-refractivity contribution in [1.82, 2.24) is 5.32 Å². The molecule has 0 unspecified atom stereocenters. The summed E-state index contributed by atoms with van der Waals surface area (Å²) in [6.07, 6.45) is -5.18. The van der Waals surface area contributed by atoms with Gasteiger partial charge in [-0.3, -0.25) is 4.79 Å². The molecule has 0 aliphatic carbocycles. The monoisotopic (exact) mass is 276 g/mol. The lowest BCUT2D eigenvalue weighted by atomic mass is 10.3. The van der Waals surface area contributed by atoms with Crippen molar-refractivity contribution in [3.05, 3.63) is 24.3 Å². The zero-order valence-electron chi connectivity index (χ0n) is 10.4. The van der Waals surface area contributed by atoms with Crippen LogP contribution in [0, 0.1) is 0 Å². The maximum absolute atomic E-state index is 11.9. The highest BCUT2D eigenvalue weighted by Gasteiger charge is 2.26. The van der Waals surface area contributed by atoms with Crippen LogP contribution in [0.15, 0.2) is 24.3 Å². The molecule has 1 rings (SSSR count). The van der Waals surface area contributed by atoms with Crippen LogP contribution in [0.2, 0.25) is 0 Å². The number of ether oxygens (including phenoxy) is 1. The third-order valence-electron chi connectivity index (χ3n) is 2.25. The van der Waals surface area contributed by atoms with Gasteiger partial charge in [0.1, 0.15) is 5.75 Å². The van der Waals surface area contributed by atoms with Crippen LogP contribution >= 0.6 is 0 Å². The maximum Gasteiger partial charge on any atom is 0.390 e. The molecule has 0 atom stereocenters. The van der Waals surface area contributed by atoms with Gasteiger partial charge in [-0.05, 0) is 12.1 Å². The maximum atomic E-state index is 11.9. The second-order valence-corrected chi connectivity index (χ2v) is 3.79. The third-order valence-corrected chi connectivity index (χ3v) is 2.25. The van der Waals surface area contributed by atoms with Crippen molar-refractivity contribution in [2.45, 2.75) is 12.6 Å². The van der Waals surface area contributed by atoms with Crippen molar-refractivity contribution in [1.29, 1.82) is 0 Å². The normalized spacial score (nSPS) is 11.2. The summed E-state index contributed by atoms with van der Waals surface area (Å²) in [5.41, 5.74) is 0.479. The fourth-order valence-electron chi connectivity index (χ4n) is 1.37. The van der Waals surface area contributed by atoms with Crippen molar-refractivity contribution in [3.8, 4) is 5.75 Å². The van der Waals surface area contributed by atoms with E-state index in [0.717, 1.165) is 0 Å². The van der Waals surface area contributed by atoms with Crippen molar-refractivity contribution in [3.63, 3.8) is 0 Å². The molecule has 0 radical (unpaired) electrons. The predicted octanol–water partition coefficient (Wildman–Crippen LogP) is 2.18. The van der Waals surface area contributed by atoms with Crippen LogP contribution in [0.5, 0.6) is 5.75 Å². The number of carbonyl (C=O) groups excluding carboxylic acids is 1. The summed E-state index contributed by atoms with van der Waals surface area (Å²) in [6, 6.07) is 6.78. The van der Waals surface area contributed by atoms with Gasteiger partial charge >= 0.3 is 6.18 Å². The average molecular weight is 276 g/mol. The van der Waals surface area contributed by atoms with Crippen LogP contribution in [-0.4, -0.2) is 32.3 Å². The molecule has 0 spiro atoms. The summed E-state index contributed by atoms with van der Waals surface area (Å²) in [6.45, 7) is -0.475. The molecule has 0 aliphatic rings. The lowest BCUT2D eigenvalue weighted by Gasteiger charge is -2.10. The number of alkyl halides is 3. The molecule has 0 fully saturated rings. The van der Waals surface area contributed by atoms with E-state index >= 15 is 0 Å². The largest absolute Gasteiger partial charge is 0.495 e. The Morgan fingerprint density at radius 3 is 2.63 bits per heavy atom. The first-order valence-corrected chi connectivity index (χ1v) is 5.63. The van der Waals surface area contributed by atoms with Gasteiger partial charge in [-0.1, -0.05) is 12.1 Å². The molecular weight excluding hydrogens is 261 g/mol. The minimum atomic E-state index is -4.22. The van der Waals surface area contributed by atoms with Crippen LogP contribution < -0.4 is 15.4 Å². The van der Waals surface area contributed by atoms with Gasteiger partial charge in [0.25, 0.3) is 0 Å². The Labute approximate surface area is 108 Å². The number of anilines is 1. The number of halogens is 3. The number of para-hydroxylation sites is 2. The Hall–Kier alpha value is -1.76. The molecule has 0 saturated carbocycles. The number of carbonyl (C=O) groups is 1. The Morgan fingerprint density at radius 1 is 1.32 bits per heavy atom. The highest BCUT2D eigenvalue weighted by atomic mass is 19.4. The third kappa shape index (κ3) is 6.10. The zero-order valence-corrected chi connectivity index (χ0v) is 10.4. The van der Waals surface area contributed by atoms with Crippen molar-refractivity contribution >= 4 is 11.6 Å². The molecule has 0 aliphatic heterocycles. The summed E-state index contributed by atoms with van der Waals surface area (Å²) in [7, 11) is 1.46. The van der Waals surface area contributed by atoms with E-state index in [2.05, 4.69) is 10.6 Å². The van der Waals surface area contributed by atoms with Gasteiger partial charge in [0.15, 0.2) is 0 Å². The number of rotatable bonds is 6. The predicted molar refractivity (Wildman–Crippen MR) is 65.2 cm³/mol. The summed E-state index contributed by atoms with van der Waals surface area (Å²) in [4.78, 5) is 11.5. The van der Waals surface area contributed by atoms with E-state index in [1.54, 1.807) is 24.3 Å². The molecule has 1 aromatic carbocycles. The molecular formula is C12H15F3N2O2. The van der Waals surface area contributed by atoms with Gasteiger partial charge in [0, 0.05) is 6.54 Å². The number of nitrogens with one attached hydrogen (secondary N) is 2. The first-order valence-electron chi connectivity index (χ1n) is 5.63. The highest BCUT2D eigenvalue weighted by molar-refractivity contribution is 5.93. The molecule has 0 heterocycles. The molecule has 0 saturated heterocycles. The number of benzene rings is 1.